The van der Waals surface area contributed by atoms with E-state index < -0.39 is 0 Å². The van der Waals surface area contributed by atoms with Crippen LogP contribution in [0.15, 0.2) is 34.8 Å². The number of hydrogen-bond acceptors (Lipinski definition) is 4. The Morgan fingerprint density at radius 2 is 1.89 bits per heavy atom. The molecule has 0 amide bonds. The highest BCUT2D eigenvalue weighted by molar-refractivity contribution is 9.10. The van der Waals surface area contributed by atoms with Gasteiger partial charge in [-0.1, -0.05) is 28.1 Å². The first-order chi connectivity index (χ1) is 9.10. The monoisotopic (exact) mass is 320 g/mol. The second-order valence-corrected chi connectivity index (χ2v) is 5.49. The van der Waals surface area contributed by atoms with E-state index in [1.165, 1.54) is 5.56 Å². The van der Waals surface area contributed by atoms with Crippen LogP contribution in [0.25, 0.3) is 0 Å². The molecule has 1 unspecified atom stereocenters. The van der Waals surface area contributed by atoms with Gasteiger partial charge in [-0.2, -0.15) is 10.2 Å². The fourth-order valence-corrected chi connectivity index (χ4v) is 2.30. The van der Waals surface area contributed by atoms with Crippen LogP contribution in [0, 0.1) is 13.8 Å². The average molecular weight is 321 g/mol. The number of aryl methyl sites for hydroxylation is 2. The normalized spacial score (nSPS) is 12.4. The molecule has 0 aliphatic rings. The largest absolute Gasteiger partial charge is 0.271 e. The first-order valence-electron chi connectivity index (χ1n) is 6.11. The summed E-state index contributed by atoms with van der Waals surface area (Å²) >= 11 is 3.44. The minimum absolute atomic E-state index is 0.0374. The van der Waals surface area contributed by atoms with Gasteiger partial charge >= 0.3 is 0 Å². The highest BCUT2D eigenvalue weighted by Gasteiger charge is 2.14. The summed E-state index contributed by atoms with van der Waals surface area (Å²) < 4.78 is 1.08. The maximum atomic E-state index is 5.69. The van der Waals surface area contributed by atoms with Crippen LogP contribution < -0.4 is 11.3 Å². The van der Waals surface area contributed by atoms with E-state index in [-0.39, 0.29) is 6.04 Å². The van der Waals surface area contributed by atoms with Gasteiger partial charge in [0.2, 0.25) is 0 Å². The van der Waals surface area contributed by atoms with Crippen LogP contribution in [0.4, 0.5) is 0 Å². The Morgan fingerprint density at radius 3 is 2.53 bits per heavy atom. The molecular weight excluding hydrogens is 304 g/mol. The van der Waals surface area contributed by atoms with E-state index in [1.807, 2.05) is 32.0 Å². The van der Waals surface area contributed by atoms with E-state index in [0.29, 0.717) is 0 Å². The molecule has 2 aromatic rings. The second-order valence-electron chi connectivity index (χ2n) is 4.58. The summed E-state index contributed by atoms with van der Waals surface area (Å²) in [5.74, 6) is 5.69. The summed E-state index contributed by atoms with van der Waals surface area (Å²) in [5, 5.41) is 8.20. The molecule has 4 nitrogen and oxygen atoms in total. The molecular formula is C14H17BrN4. The Hall–Kier alpha value is -1.30. The topological polar surface area (TPSA) is 63.8 Å². The van der Waals surface area contributed by atoms with Crippen molar-refractivity contribution in [2.75, 3.05) is 0 Å². The number of rotatable bonds is 4. The molecule has 1 atom stereocenters. The molecule has 0 bridgehead atoms. The van der Waals surface area contributed by atoms with Gasteiger partial charge in [0.15, 0.2) is 0 Å². The molecule has 2 rings (SSSR count). The van der Waals surface area contributed by atoms with Gasteiger partial charge in [0, 0.05) is 4.47 Å². The third-order valence-electron chi connectivity index (χ3n) is 3.07. The number of hydrogen-bond donors (Lipinski definition) is 2. The van der Waals surface area contributed by atoms with Crippen LogP contribution >= 0.6 is 15.9 Å². The lowest BCUT2D eigenvalue weighted by Crippen LogP contribution is -2.30. The first kappa shape index (κ1) is 14.1. The van der Waals surface area contributed by atoms with Gasteiger partial charge in [-0.15, -0.1) is 0 Å². The minimum atomic E-state index is 0.0374. The summed E-state index contributed by atoms with van der Waals surface area (Å²) in [6.45, 7) is 3.89. The third-order valence-corrected chi connectivity index (χ3v) is 3.60. The van der Waals surface area contributed by atoms with E-state index in [0.717, 1.165) is 27.8 Å². The van der Waals surface area contributed by atoms with Crippen molar-refractivity contribution in [1.29, 1.82) is 0 Å². The quantitative estimate of drug-likeness (QED) is 0.671. The number of hydrazine groups is 1. The van der Waals surface area contributed by atoms with Crippen LogP contribution in [0.5, 0.6) is 0 Å². The molecule has 0 radical (unpaired) electrons. The van der Waals surface area contributed by atoms with Gasteiger partial charge in [0.25, 0.3) is 0 Å². The zero-order valence-electron chi connectivity index (χ0n) is 11.0. The Balaban J connectivity index is 2.24. The summed E-state index contributed by atoms with van der Waals surface area (Å²) in [6.07, 6.45) is 0.815. The van der Waals surface area contributed by atoms with Crippen molar-refractivity contribution in [3.63, 3.8) is 0 Å². The van der Waals surface area contributed by atoms with E-state index in [9.17, 15) is 0 Å². The highest BCUT2D eigenvalue weighted by Crippen LogP contribution is 2.21. The maximum Gasteiger partial charge on any atom is 0.0648 e. The van der Waals surface area contributed by atoms with Gasteiger partial charge in [-0.25, -0.2) is 0 Å². The van der Waals surface area contributed by atoms with Crippen molar-refractivity contribution >= 4 is 15.9 Å². The number of benzene rings is 1. The van der Waals surface area contributed by atoms with Crippen LogP contribution in [-0.4, -0.2) is 10.2 Å². The second kappa shape index (κ2) is 6.23. The fourth-order valence-electron chi connectivity index (χ4n) is 2.04. The van der Waals surface area contributed by atoms with Gasteiger partial charge in [0.05, 0.1) is 17.4 Å². The van der Waals surface area contributed by atoms with Crippen LogP contribution in [0.1, 0.15) is 28.6 Å². The molecule has 0 aliphatic heterocycles. The SMILES string of the molecule is Cc1cc(C(Cc2ccc(Br)cc2)NN)c(C)nn1. The van der Waals surface area contributed by atoms with Crippen molar-refractivity contribution in [3.05, 3.63) is 57.3 Å². The summed E-state index contributed by atoms with van der Waals surface area (Å²) in [7, 11) is 0. The van der Waals surface area contributed by atoms with Gasteiger partial charge < -0.3 is 0 Å². The minimum Gasteiger partial charge on any atom is -0.271 e. The number of nitrogens with zero attached hydrogens (tertiary/aromatic N) is 2. The van der Waals surface area contributed by atoms with Gasteiger partial charge in [-0.3, -0.25) is 11.3 Å². The van der Waals surface area contributed by atoms with Gasteiger partial charge in [0.1, 0.15) is 0 Å². The molecule has 0 fully saturated rings. The van der Waals surface area contributed by atoms with E-state index in [2.05, 4.69) is 43.7 Å². The van der Waals surface area contributed by atoms with Gasteiger partial charge in [-0.05, 0) is 49.6 Å². The molecule has 1 heterocycles. The highest BCUT2D eigenvalue weighted by atomic mass is 79.9. The van der Waals surface area contributed by atoms with E-state index >= 15 is 0 Å². The Morgan fingerprint density at radius 1 is 1.21 bits per heavy atom. The summed E-state index contributed by atoms with van der Waals surface area (Å²) in [4.78, 5) is 0. The van der Waals surface area contributed by atoms with E-state index in [4.69, 9.17) is 5.84 Å². The molecule has 5 heteroatoms. The summed E-state index contributed by atoms with van der Waals surface area (Å²) in [5.41, 5.74) is 7.00. The van der Waals surface area contributed by atoms with Crippen molar-refractivity contribution in [2.45, 2.75) is 26.3 Å². The van der Waals surface area contributed by atoms with Crippen molar-refractivity contribution in [3.8, 4) is 0 Å². The van der Waals surface area contributed by atoms with Crippen LogP contribution in [0.3, 0.4) is 0 Å². The lowest BCUT2D eigenvalue weighted by atomic mass is 9.98. The number of aromatic nitrogens is 2. The smallest absolute Gasteiger partial charge is 0.0648 e. The number of halogens is 1. The van der Waals surface area contributed by atoms with Crippen molar-refractivity contribution in [2.24, 2.45) is 5.84 Å². The average Bonchev–Trinajstić information content (AvgIpc) is 2.41. The molecule has 1 aromatic heterocycles. The molecule has 0 aliphatic carbocycles. The Bertz CT molecular complexity index is 554. The van der Waals surface area contributed by atoms with E-state index in [1.54, 1.807) is 0 Å². The predicted molar refractivity (Wildman–Crippen MR) is 79.4 cm³/mol. The molecule has 0 spiro atoms. The molecule has 19 heavy (non-hydrogen) atoms. The maximum absolute atomic E-state index is 5.69. The fraction of sp³-hybridized carbons (Fsp3) is 0.286. The lowest BCUT2D eigenvalue weighted by molar-refractivity contribution is 0.544. The molecule has 1 aromatic carbocycles. The Labute approximate surface area is 121 Å². The Kier molecular flexibility index (Phi) is 4.63. The molecule has 0 saturated carbocycles. The van der Waals surface area contributed by atoms with Crippen molar-refractivity contribution in [1.82, 2.24) is 15.6 Å². The summed E-state index contributed by atoms with van der Waals surface area (Å²) in [6, 6.07) is 10.3. The van der Waals surface area contributed by atoms with Crippen LogP contribution in [-0.2, 0) is 6.42 Å². The zero-order chi connectivity index (χ0) is 13.8. The number of nitrogens with one attached hydrogen (secondary N) is 1. The molecule has 0 saturated heterocycles. The van der Waals surface area contributed by atoms with Crippen molar-refractivity contribution < 1.29 is 0 Å². The first-order valence-corrected chi connectivity index (χ1v) is 6.91. The third kappa shape index (κ3) is 3.59. The van der Waals surface area contributed by atoms with Crippen LogP contribution in [0.2, 0.25) is 0 Å². The molecule has 3 N–H and O–H groups in total. The lowest BCUT2D eigenvalue weighted by Gasteiger charge is -2.18. The molecule has 100 valence electrons. The predicted octanol–water partition coefficient (Wildman–Crippen LogP) is 2.60. The number of nitrogens with two attached hydrogens (primary N) is 1. The standard InChI is InChI=1S/C14H17BrN4/c1-9-7-13(10(2)19-18-9)14(17-16)8-11-3-5-12(15)6-4-11/h3-7,14,17H,8,16H2,1-2H3. The zero-order valence-corrected chi connectivity index (χ0v) is 12.6.